The SMILES string of the molecule is CCN(CC)c1ccc(C(=O)N(Cc2ccccc2O)CC2CCCO2)cc1. The van der Waals surface area contributed by atoms with E-state index in [1.807, 2.05) is 36.4 Å². The number of hydrogen-bond donors (Lipinski definition) is 1. The molecule has 0 radical (unpaired) electrons. The number of phenolic OH excluding ortho intramolecular Hbond substituents is 1. The Kier molecular flexibility index (Phi) is 6.93. The van der Waals surface area contributed by atoms with Crippen LogP contribution in [0.1, 0.15) is 42.6 Å². The average Bonchev–Trinajstić information content (AvgIpc) is 3.23. The van der Waals surface area contributed by atoms with Gasteiger partial charge in [0, 0.05) is 49.6 Å². The minimum atomic E-state index is -0.0372. The van der Waals surface area contributed by atoms with Crippen molar-refractivity contribution < 1.29 is 14.6 Å². The highest BCUT2D eigenvalue weighted by atomic mass is 16.5. The van der Waals surface area contributed by atoms with Crippen LogP contribution >= 0.6 is 0 Å². The van der Waals surface area contributed by atoms with Crippen molar-refractivity contribution in [1.82, 2.24) is 4.90 Å². The van der Waals surface area contributed by atoms with Crippen LogP contribution in [0.2, 0.25) is 0 Å². The highest BCUT2D eigenvalue weighted by molar-refractivity contribution is 5.94. The summed E-state index contributed by atoms with van der Waals surface area (Å²) in [7, 11) is 0. The normalized spacial score (nSPS) is 16.1. The van der Waals surface area contributed by atoms with E-state index in [1.54, 1.807) is 17.0 Å². The van der Waals surface area contributed by atoms with Crippen molar-refractivity contribution in [2.75, 3.05) is 31.1 Å². The van der Waals surface area contributed by atoms with Gasteiger partial charge in [0.15, 0.2) is 0 Å². The van der Waals surface area contributed by atoms with Crippen LogP contribution in [0.4, 0.5) is 5.69 Å². The Morgan fingerprint density at radius 1 is 1.11 bits per heavy atom. The number of carbonyl (C=O) groups excluding carboxylic acids is 1. The van der Waals surface area contributed by atoms with Crippen LogP contribution in [-0.2, 0) is 11.3 Å². The third-order valence-electron chi connectivity index (χ3n) is 5.33. The van der Waals surface area contributed by atoms with E-state index in [4.69, 9.17) is 4.74 Å². The molecule has 1 atom stereocenters. The summed E-state index contributed by atoms with van der Waals surface area (Å²) in [4.78, 5) is 17.3. The van der Waals surface area contributed by atoms with Crippen LogP contribution < -0.4 is 4.90 Å². The van der Waals surface area contributed by atoms with Gasteiger partial charge in [0.1, 0.15) is 5.75 Å². The number of amides is 1. The second-order valence-electron chi connectivity index (χ2n) is 7.17. The van der Waals surface area contributed by atoms with Gasteiger partial charge >= 0.3 is 0 Å². The van der Waals surface area contributed by atoms with E-state index in [0.29, 0.717) is 18.7 Å². The zero-order valence-corrected chi connectivity index (χ0v) is 16.8. The first kappa shape index (κ1) is 20.2. The first-order valence-corrected chi connectivity index (χ1v) is 10.1. The number of anilines is 1. The summed E-state index contributed by atoms with van der Waals surface area (Å²) in [6, 6.07) is 15.0. The fraction of sp³-hybridized carbons (Fsp3) is 0.435. The summed E-state index contributed by atoms with van der Waals surface area (Å²) >= 11 is 0. The zero-order chi connectivity index (χ0) is 19.9. The summed E-state index contributed by atoms with van der Waals surface area (Å²) < 4.78 is 5.75. The third kappa shape index (κ3) is 4.84. The molecule has 1 heterocycles. The standard InChI is InChI=1S/C23H30N2O3/c1-3-24(4-2)20-13-11-18(12-14-20)23(27)25(17-21-9-7-15-28-21)16-19-8-5-6-10-22(19)26/h5-6,8,10-14,21,26H,3-4,7,9,15-17H2,1-2H3. The van der Waals surface area contributed by atoms with E-state index in [-0.39, 0.29) is 17.8 Å². The smallest absolute Gasteiger partial charge is 0.254 e. The lowest BCUT2D eigenvalue weighted by Crippen LogP contribution is -2.37. The van der Waals surface area contributed by atoms with Crippen LogP contribution in [-0.4, -0.2) is 48.3 Å². The van der Waals surface area contributed by atoms with E-state index >= 15 is 0 Å². The van der Waals surface area contributed by atoms with Crippen molar-refractivity contribution >= 4 is 11.6 Å². The van der Waals surface area contributed by atoms with Gasteiger partial charge in [-0.1, -0.05) is 18.2 Å². The van der Waals surface area contributed by atoms with Gasteiger partial charge in [-0.25, -0.2) is 0 Å². The number of ether oxygens (including phenoxy) is 1. The Bertz CT molecular complexity index is 766. The van der Waals surface area contributed by atoms with Crippen LogP contribution in [0.3, 0.4) is 0 Å². The molecule has 28 heavy (non-hydrogen) atoms. The molecule has 1 aliphatic heterocycles. The van der Waals surface area contributed by atoms with E-state index in [0.717, 1.165) is 43.8 Å². The van der Waals surface area contributed by atoms with Crippen molar-refractivity contribution in [1.29, 1.82) is 0 Å². The summed E-state index contributed by atoms with van der Waals surface area (Å²) in [6.07, 6.45) is 2.05. The molecule has 5 nitrogen and oxygen atoms in total. The molecule has 1 amide bonds. The Morgan fingerprint density at radius 3 is 2.43 bits per heavy atom. The molecule has 0 aromatic heterocycles. The zero-order valence-electron chi connectivity index (χ0n) is 16.8. The van der Waals surface area contributed by atoms with Crippen LogP contribution in [0.5, 0.6) is 5.75 Å². The highest BCUT2D eigenvalue weighted by Crippen LogP contribution is 2.23. The molecule has 5 heteroatoms. The van der Waals surface area contributed by atoms with Crippen molar-refractivity contribution in [3.8, 4) is 5.75 Å². The molecular weight excluding hydrogens is 352 g/mol. The first-order chi connectivity index (χ1) is 13.6. The lowest BCUT2D eigenvalue weighted by molar-refractivity contribution is 0.0506. The van der Waals surface area contributed by atoms with Gasteiger partial charge in [0.05, 0.1) is 6.10 Å². The summed E-state index contributed by atoms with van der Waals surface area (Å²) in [5.41, 5.74) is 2.52. The molecule has 1 unspecified atom stereocenters. The van der Waals surface area contributed by atoms with Gasteiger partial charge in [-0.05, 0) is 57.0 Å². The maximum absolute atomic E-state index is 13.2. The molecule has 150 valence electrons. The number of para-hydroxylation sites is 1. The topological polar surface area (TPSA) is 53.0 Å². The minimum Gasteiger partial charge on any atom is -0.508 e. The van der Waals surface area contributed by atoms with Gasteiger partial charge in [0.2, 0.25) is 0 Å². The predicted octanol–water partition coefficient (Wildman–Crippen LogP) is 4.06. The molecule has 1 saturated heterocycles. The summed E-state index contributed by atoms with van der Waals surface area (Å²) in [5, 5.41) is 10.1. The maximum Gasteiger partial charge on any atom is 0.254 e. The molecule has 0 saturated carbocycles. The molecule has 3 rings (SSSR count). The van der Waals surface area contributed by atoms with Crippen molar-refractivity contribution in [3.63, 3.8) is 0 Å². The summed E-state index contributed by atoms with van der Waals surface area (Å²) in [5.74, 6) is 0.175. The fourth-order valence-electron chi connectivity index (χ4n) is 3.69. The monoisotopic (exact) mass is 382 g/mol. The van der Waals surface area contributed by atoms with Crippen LogP contribution in [0.25, 0.3) is 0 Å². The third-order valence-corrected chi connectivity index (χ3v) is 5.33. The van der Waals surface area contributed by atoms with Gasteiger partial charge in [0.25, 0.3) is 5.91 Å². The fourth-order valence-corrected chi connectivity index (χ4v) is 3.69. The van der Waals surface area contributed by atoms with Gasteiger partial charge in [-0.15, -0.1) is 0 Å². The Hall–Kier alpha value is -2.53. The quantitative estimate of drug-likeness (QED) is 0.748. The molecule has 0 bridgehead atoms. The van der Waals surface area contributed by atoms with Crippen molar-refractivity contribution in [2.45, 2.75) is 39.3 Å². The second-order valence-corrected chi connectivity index (χ2v) is 7.17. The Labute approximate surface area is 167 Å². The lowest BCUT2D eigenvalue weighted by Gasteiger charge is -2.26. The van der Waals surface area contributed by atoms with Gasteiger partial charge in [-0.3, -0.25) is 4.79 Å². The van der Waals surface area contributed by atoms with E-state index in [1.165, 1.54) is 0 Å². The molecule has 2 aromatic carbocycles. The predicted molar refractivity (Wildman–Crippen MR) is 112 cm³/mol. The van der Waals surface area contributed by atoms with Gasteiger partial charge in [-0.2, -0.15) is 0 Å². The number of benzene rings is 2. The van der Waals surface area contributed by atoms with E-state index < -0.39 is 0 Å². The Morgan fingerprint density at radius 2 is 1.82 bits per heavy atom. The van der Waals surface area contributed by atoms with Gasteiger partial charge < -0.3 is 19.6 Å². The summed E-state index contributed by atoms with van der Waals surface area (Å²) in [6.45, 7) is 7.76. The molecule has 1 N–H and O–H groups in total. The molecular formula is C23H30N2O3. The molecule has 1 aliphatic rings. The molecule has 0 spiro atoms. The first-order valence-electron chi connectivity index (χ1n) is 10.1. The molecule has 1 fully saturated rings. The van der Waals surface area contributed by atoms with E-state index in [9.17, 15) is 9.90 Å². The lowest BCUT2D eigenvalue weighted by atomic mass is 10.1. The molecule has 0 aliphatic carbocycles. The minimum absolute atomic E-state index is 0.0372. The maximum atomic E-state index is 13.2. The highest BCUT2D eigenvalue weighted by Gasteiger charge is 2.24. The van der Waals surface area contributed by atoms with Crippen molar-refractivity contribution in [2.24, 2.45) is 0 Å². The number of phenols is 1. The average molecular weight is 383 g/mol. The number of aromatic hydroxyl groups is 1. The number of rotatable bonds is 8. The van der Waals surface area contributed by atoms with Crippen LogP contribution in [0.15, 0.2) is 48.5 Å². The number of nitrogens with zero attached hydrogens (tertiary/aromatic N) is 2. The van der Waals surface area contributed by atoms with Crippen LogP contribution in [0, 0.1) is 0 Å². The number of carbonyl (C=O) groups is 1. The largest absolute Gasteiger partial charge is 0.508 e. The number of hydrogen-bond acceptors (Lipinski definition) is 4. The second kappa shape index (κ2) is 9.60. The van der Waals surface area contributed by atoms with E-state index in [2.05, 4.69) is 18.7 Å². The Balaban J connectivity index is 1.80. The molecule has 2 aromatic rings. The van der Waals surface area contributed by atoms with Crippen molar-refractivity contribution in [3.05, 3.63) is 59.7 Å².